The fourth-order valence-electron chi connectivity index (χ4n) is 2.71. The molecule has 1 rings (SSSR count). The molecule has 1 heterocycles. The molecular weight excluding hydrogens is 260 g/mol. The molecule has 1 fully saturated rings. The molecule has 3 atom stereocenters. The van der Waals surface area contributed by atoms with E-state index in [4.69, 9.17) is 5.73 Å². The number of aliphatic hydroxyl groups excluding tert-OH is 1. The van der Waals surface area contributed by atoms with Gasteiger partial charge in [0.1, 0.15) is 0 Å². The summed E-state index contributed by atoms with van der Waals surface area (Å²) >= 11 is 0. The second-order valence-electron chi connectivity index (χ2n) is 6.21. The van der Waals surface area contributed by atoms with Gasteiger partial charge in [-0.05, 0) is 32.1 Å². The van der Waals surface area contributed by atoms with E-state index >= 15 is 0 Å². The van der Waals surface area contributed by atoms with Gasteiger partial charge in [0, 0.05) is 18.6 Å². The van der Waals surface area contributed by atoms with Crippen molar-refractivity contribution >= 4 is 0 Å². The van der Waals surface area contributed by atoms with E-state index < -0.39 is 0 Å². The SMILES string of the molecule is CCCC/C=C/C=C/CCCCC[C@H]1C[C@H](O)[C@H](N)CN1. The first-order chi connectivity index (χ1) is 10.2. The summed E-state index contributed by atoms with van der Waals surface area (Å²) in [6.45, 7) is 2.97. The fourth-order valence-corrected chi connectivity index (χ4v) is 2.71. The fraction of sp³-hybridized carbons (Fsp3) is 0.778. The lowest BCUT2D eigenvalue weighted by Gasteiger charge is -2.32. The molecule has 1 aliphatic rings. The standard InChI is InChI=1S/C18H34N2O/c1-2-3-4-5-6-7-8-9-10-11-12-13-16-14-18(21)17(19)15-20-16/h5-8,16-18,20-21H,2-4,9-15,19H2,1H3/b6-5+,8-7+/t16-,17+,18-/m0/s1. The van der Waals surface area contributed by atoms with E-state index in [1.54, 1.807) is 0 Å². The first kappa shape index (κ1) is 18.4. The van der Waals surface area contributed by atoms with Crippen molar-refractivity contribution < 1.29 is 5.11 Å². The molecule has 1 aliphatic heterocycles. The van der Waals surface area contributed by atoms with Gasteiger partial charge in [0.15, 0.2) is 0 Å². The van der Waals surface area contributed by atoms with Crippen LogP contribution in [-0.4, -0.2) is 29.8 Å². The van der Waals surface area contributed by atoms with E-state index in [1.165, 1.54) is 44.9 Å². The van der Waals surface area contributed by atoms with Crippen molar-refractivity contribution in [2.24, 2.45) is 5.73 Å². The second kappa shape index (κ2) is 12.0. The minimum absolute atomic E-state index is 0.0863. The van der Waals surface area contributed by atoms with Crippen molar-refractivity contribution in [1.82, 2.24) is 5.32 Å². The van der Waals surface area contributed by atoms with Gasteiger partial charge >= 0.3 is 0 Å². The van der Waals surface area contributed by atoms with Crippen LogP contribution in [0.15, 0.2) is 24.3 Å². The van der Waals surface area contributed by atoms with Gasteiger partial charge in [-0.1, -0.05) is 56.9 Å². The van der Waals surface area contributed by atoms with Gasteiger partial charge < -0.3 is 16.2 Å². The lowest BCUT2D eigenvalue weighted by Crippen LogP contribution is -2.53. The number of hydrogen-bond acceptors (Lipinski definition) is 3. The summed E-state index contributed by atoms with van der Waals surface area (Å²) in [7, 11) is 0. The Morgan fingerprint density at radius 1 is 1.10 bits per heavy atom. The average Bonchev–Trinajstić information content (AvgIpc) is 2.48. The first-order valence-corrected chi connectivity index (χ1v) is 8.72. The zero-order chi connectivity index (χ0) is 15.3. The molecule has 0 unspecified atom stereocenters. The summed E-state index contributed by atoms with van der Waals surface area (Å²) in [5.41, 5.74) is 5.78. The van der Waals surface area contributed by atoms with E-state index in [9.17, 15) is 5.11 Å². The predicted octanol–water partition coefficient (Wildman–Crippen LogP) is 3.29. The average molecular weight is 294 g/mol. The third-order valence-electron chi connectivity index (χ3n) is 4.19. The van der Waals surface area contributed by atoms with Gasteiger partial charge in [-0.3, -0.25) is 0 Å². The van der Waals surface area contributed by atoms with Crippen molar-refractivity contribution in [3.8, 4) is 0 Å². The van der Waals surface area contributed by atoms with Gasteiger partial charge in [-0.2, -0.15) is 0 Å². The molecule has 0 aromatic carbocycles. The monoisotopic (exact) mass is 294 g/mol. The third-order valence-corrected chi connectivity index (χ3v) is 4.19. The maximum absolute atomic E-state index is 9.74. The number of nitrogens with one attached hydrogen (secondary N) is 1. The Labute approximate surface area is 130 Å². The Morgan fingerprint density at radius 2 is 1.81 bits per heavy atom. The van der Waals surface area contributed by atoms with Crippen LogP contribution < -0.4 is 11.1 Å². The van der Waals surface area contributed by atoms with E-state index in [0.29, 0.717) is 6.04 Å². The summed E-state index contributed by atoms with van der Waals surface area (Å²) in [6, 6.07) is 0.369. The van der Waals surface area contributed by atoms with Crippen LogP contribution in [-0.2, 0) is 0 Å². The van der Waals surface area contributed by atoms with Crippen molar-refractivity contribution in [1.29, 1.82) is 0 Å². The summed E-state index contributed by atoms with van der Waals surface area (Å²) in [6.07, 6.45) is 19.2. The number of aliphatic hydroxyl groups is 1. The van der Waals surface area contributed by atoms with Crippen LogP contribution in [0.5, 0.6) is 0 Å². The van der Waals surface area contributed by atoms with Crippen LogP contribution >= 0.6 is 0 Å². The maximum Gasteiger partial charge on any atom is 0.0718 e. The maximum atomic E-state index is 9.74. The number of rotatable bonds is 10. The van der Waals surface area contributed by atoms with Gasteiger partial charge in [-0.25, -0.2) is 0 Å². The molecule has 3 heteroatoms. The topological polar surface area (TPSA) is 58.3 Å². The highest BCUT2D eigenvalue weighted by molar-refractivity contribution is 5.02. The highest BCUT2D eigenvalue weighted by Gasteiger charge is 2.25. The smallest absolute Gasteiger partial charge is 0.0718 e. The summed E-state index contributed by atoms with van der Waals surface area (Å²) in [5, 5.41) is 13.2. The summed E-state index contributed by atoms with van der Waals surface area (Å²) in [5.74, 6) is 0. The Bertz CT molecular complexity index is 302. The van der Waals surface area contributed by atoms with Crippen LogP contribution in [0.2, 0.25) is 0 Å². The van der Waals surface area contributed by atoms with E-state index in [1.807, 2.05) is 0 Å². The minimum Gasteiger partial charge on any atom is -0.391 e. The van der Waals surface area contributed by atoms with E-state index in [2.05, 4.69) is 36.5 Å². The Morgan fingerprint density at radius 3 is 2.48 bits per heavy atom. The van der Waals surface area contributed by atoms with Crippen LogP contribution in [0.3, 0.4) is 0 Å². The third kappa shape index (κ3) is 9.07. The van der Waals surface area contributed by atoms with Gasteiger partial charge in [0.05, 0.1) is 6.10 Å². The molecule has 3 nitrogen and oxygen atoms in total. The van der Waals surface area contributed by atoms with E-state index in [0.717, 1.165) is 19.4 Å². The van der Waals surface area contributed by atoms with Crippen LogP contribution in [0.4, 0.5) is 0 Å². The molecule has 4 N–H and O–H groups in total. The number of piperidine rings is 1. The Balaban J connectivity index is 1.93. The first-order valence-electron chi connectivity index (χ1n) is 8.72. The van der Waals surface area contributed by atoms with Crippen molar-refractivity contribution in [2.45, 2.75) is 82.9 Å². The quantitative estimate of drug-likeness (QED) is 0.428. The molecule has 0 saturated carbocycles. The molecule has 0 spiro atoms. The lowest BCUT2D eigenvalue weighted by atomic mass is 9.94. The van der Waals surface area contributed by atoms with Crippen molar-refractivity contribution in [2.75, 3.05) is 6.54 Å². The number of allylic oxidation sites excluding steroid dienone is 4. The molecule has 0 bridgehead atoms. The van der Waals surface area contributed by atoms with Gasteiger partial charge in [-0.15, -0.1) is 0 Å². The summed E-state index contributed by atoms with van der Waals surface area (Å²) in [4.78, 5) is 0. The number of nitrogens with two attached hydrogens (primary N) is 1. The van der Waals surface area contributed by atoms with Gasteiger partial charge in [0.25, 0.3) is 0 Å². The number of hydrogen-bond donors (Lipinski definition) is 3. The van der Waals surface area contributed by atoms with Gasteiger partial charge in [0.2, 0.25) is 0 Å². The van der Waals surface area contributed by atoms with Crippen LogP contribution in [0, 0.1) is 0 Å². The zero-order valence-electron chi connectivity index (χ0n) is 13.6. The zero-order valence-corrected chi connectivity index (χ0v) is 13.6. The normalized spacial score (nSPS) is 26.9. The largest absolute Gasteiger partial charge is 0.391 e. The highest BCUT2D eigenvalue weighted by atomic mass is 16.3. The Kier molecular flexibility index (Phi) is 10.5. The molecule has 0 amide bonds. The highest BCUT2D eigenvalue weighted by Crippen LogP contribution is 2.14. The molecule has 0 radical (unpaired) electrons. The molecule has 122 valence electrons. The molecule has 21 heavy (non-hydrogen) atoms. The minimum atomic E-state index is -0.321. The summed E-state index contributed by atoms with van der Waals surface area (Å²) < 4.78 is 0. The van der Waals surface area contributed by atoms with Crippen molar-refractivity contribution in [3.63, 3.8) is 0 Å². The van der Waals surface area contributed by atoms with Crippen molar-refractivity contribution in [3.05, 3.63) is 24.3 Å². The molecule has 0 aliphatic carbocycles. The molecule has 0 aromatic heterocycles. The molecule has 0 aromatic rings. The Hall–Kier alpha value is -0.640. The van der Waals surface area contributed by atoms with E-state index in [-0.39, 0.29) is 12.1 Å². The molecule has 1 saturated heterocycles. The molecular formula is C18H34N2O. The second-order valence-corrected chi connectivity index (χ2v) is 6.21. The predicted molar refractivity (Wildman–Crippen MR) is 91.3 cm³/mol. The lowest BCUT2D eigenvalue weighted by molar-refractivity contribution is 0.0936. The van der Waals surface area contributed by atoms with Crippen LogP contribution in [0.1, 0.15) is 64.7 Å². The van der Waals surface area contributed by atoms with Crippen LogP contribution in [0.25, 0.3) is 0 Å². The number of unbranched alkanes of at least 4 members (excludes halogenated alkanes) is 5.